The molecular formula is C22H20N6O8S2. The molecule has 0 bridgehead atoms. The molecule has 0 aromatic heterocycles. The van der Waals surface area contributed by atoms with Crippen molar-refractivity contribution in [3.05, 3.63) is 60.7 Å². The molecule has 0 fully saturated rings. The van der Waals surface area contributed by atoms with Gasteiger partial charge in [-0.25, -0.2) is 13.6 Å². The van der Waals surface area contributed by atoms with Crippen LogP contribution in [0, 0.1) is 0 Å². The van der Waals surface area contributed by atoms with Gasteiger partial charge in [-0.2, -0.15) is 5.11 Å². The van der Waals surface area contributed by atoms with Crippen LogP contribution in [-0.4, -0.2) is 37.4 Å². The third-order valence-electron chi connectivity index (χ3n) is 5.15. The zero-order valence-electron chi connectivity index (χ0n) is 19.0. The summed E-state index contributed by atoms with van der Waals surface area (Å²) in [4.78, 5) is -0.970. The Morgan fingerprint density at radius 2 is 1.45 bits per heavy atom. The number of fused-ring (bicyclic) bond motifs is 1. The van der Waals surface area contributed by atoms with E-state index in [0.29, 0.717) is 0 Å². The van der Waals surface area contributed by atoms with E-state index in [9.17, 15) is 37.4 Å². The lowest BCUT2D eigenvalue weighted by atomic mass is 10.1. The number of nitrogens with two attached hydrogens (primary N) is 2. The molecule has 0 heterocycles. The highest BCUT2D eigenvalue weighted by Crippen LogP contribution is 2.54. The second kappa shape index (κ2) is 9.86. The van der Waals surface area contributed by atoms with E-state index in [1.807, 2.05) is 0 Å². The van der Waals surface area contributed by atoms with E-state index >= 15 is 0 Å². The van der Waals surface area contributed by atoms with Crippen LogP contribution in [0.4, 0.5) is 28.4 Å². The summed E-state index contributed by atoms with van der Waals surface area (Å²) in [5.74, 6) is -1.18. The highest BCUT2D eigenvalue weighted by Gasteiger charge is 2.25. The van der Waals surface area contributed by atoms with Gasteiger partial charge >= 0.3 is 0 Å². The molecule has 0 saturated heterocycles. The van der Waals surface area contributed by atoms with Crippen LogP contribution in [0.15, 0.2) is 90.9 Å². The molecule has 10 N–H and O–H groups in total. The Hall–Kier alpha value is -4.32. The third-order valence-corrected chi connectivity index (χ3v) is 6.96. The number of nitrogens with zero attached hydrogens (tertiary/aromatic N) is 4. The minimum absolute atomic E-state index is 0.0471. The zero-order valence-corrected chi connectivity index (χ0v) is 20.7. The fourth-order valence-electron chi connectivity index (χ4n) is 3.31. The summed E-state index contributed by atoms with van der Waals surface area (Å²) < 4.78 is 53.1. The average molecular weight is 561 g/mol. The predicted octanol–water partition coefficient (Wildman–Crippen LogP) is 5.60. The molecule has 198 valence electrons. The topological polar surface area (TPSA) is 257 Å². The lowest BCUT2D eigenvalue weighted by molar-refractivity contribution is 0.375. The van der Waals surface area contributed by atoms with Crippen LogP contribution in [0.3, 0.4) is 0 Å². The Labute approximate surface area is 216 Å². The number of hydrogen-bond acceptors (Lipinski definition) is 13. The van der Waals surface area contributed by atoms with E-state index in [-0.39, 0.29) is 44.2 Å². The Balaban J connectivity index is 1.83. The van der Waals surface area contributed by atoms with Crippen molar-refractivity contribution in [2.24, 2.45) is 25.6 Å². The summed E-state index contributed by atoms with van der Waals surface area (Å²) in [6, 6.07) is 12.6. The first-order valence-electron chi connectivity index (χ1n) is 10.3. The van der Waals surface area contributed by atoms with Crippen molar-refractivity contribution in [2.75, 3.05) is 5.73 Å². The number of rotatable bonds is 6. The lowest BCUT2D eigenvalue weighted by Gasteiger charge is -2.22. The Kier molecular flexibility index (Phi) is 6.94. The van der Waals surface area contributed by atoms with Crippen molar-refractivity contribution in [3.8, 4) is 17.2 Å². The molecule has 0 spiro atoms. The molecule has 0 amide bonds. The molecule has 4 aromatic rings. The van der Waals surface area contributed by atoms with E-state index in [2.05, 4.69) is 20.5 Å². The van der Waals surface area contributed by atoms with E-state index < -0.39 is 43.0 Å². The molecule has 0 atom stereocenters. The molecule has 0 aliphatic heterocycles. The molecule has 0 saturated carbocycles. The maximum atomic E-state index is 11.6. The van der Waals surface area contributed by atoms with Crippen LogP contribution in [0.1, 0.15) is 0 Å². The second-order valence-electron chi connectivity index (χ2n) is 7.83. The number of primary sulfonamides is 1. The van der Waals surface area contributed by atoms with Gasteiger partial charge in [0.25, 0.3) is 0 Å². The molecule has 0 radical (unpaired) electrons. The summed E-state index contributed by atoms with van der Waals surface area (Å²) in [5.41, 5.74) is 5.54. The normalized spacial score (nSPS) is 13.1. The Bertz CT molecular complexity index is 1740. The van der Waals surface area contributed by atoms with Crippen molar-refractivity contribution in [2.45, 2.75) is 9.79 Å². The number of phenolic OH excluding ortho intramolecular Hbond substituents is 3. The highest BCUT2D eigenvalue weighted by molar-refractivity contribution is 8.19. The first-order valence-corrected chi connectivity index (χ1v) is 13.4. The van der Waals surface area contributed by atoms with Crippen molar-refractivity contribution in [3.63, 3.8) is 0 Å². The van der Waals surface area contributed by atoms with Gasteiger partial charge in [-0.3, -0.25) is 0 Å². The molecular weight excluding hydrogens is 540 g/mol. The van der Waals surface area contributed by atoms with Crippen molar-refractivity contribution < 1.29 is 37.4 Å². The van der Waals surface area contributed by atoms with E-state index in [0.717, 1.165) is 24.3 Å². The monoisotopic (exact) mass is 560 g/mol. The maximum absolute atomic E-state index is 11.6. The summed E-state index contributed by atoms with van der Waals surface area (Å²) in [5, 5.41) is 51.4. The van der Waals surface area contributed by atoms with Gasteiger partial charge in [0.2, 0.25) is 10.0 Å². The molecule has 38 heavy (non-hydrogen) atoms. The first kappa shape index (κ1) is 26.7. The fraction of sp³-hybridized carbons (Fsp3) is 0. The van der Waals surface area contributed by atoms with E-state index in [4.69, 9.17) is 10.9 Å². The van der Waals surface area contributed by atoms with Crippen molar-refractivity contribution in [1.29, 1.82) is 0 Å². The Morgan fingerprint density at radius 3 is 2.11 bits per heavy atom. The van der Waals surface area contributed by atoms with Crippen molar-refractivity contribution in [1.82, 2.24) is 0 Å². The van der Waals surface area contributed by atoms with Gasteiger partial charge in [-0.05, 0) is 53.9 Å². The maximum Gasteiger partial charge on any atom is 0.238 e. The standard InChI is InChI=1S/C22H20N6O8S2/c23-16-9-13(29)3-5-17(16)26-25-12-2-1-11-7-20(38(34,35)36)21(22(31)15(11)8-12)28-27-18-10-14(37(24,32)33)4-6-19(18)30/h1-10,29-31,34-36H,23H2,(H2,24,32,33). The first-order chi connectivity index (χ1) is 17.7. The largest absolute Gasteiger partial charge is 0.508 e. The van der Waals surface area contributed by atoms with Gasteiger partial charge in [0.15, 0.2) is 5.75 Å². The molecule has 0 unspecified atom stereocenters. The number of hydrogen-bond donors (Lipinski definition) is 8. The quantitative estimate of drug-likeness (QED) is 0.108. The molecule has 16 heteroatoms. The number of anilines is 1. The lowest BCUT2D eigenvalue weighted by Crippen LogP contribution is -2.11. The van der Waals surface area contributed by atoms with Crippen LogP contribution in [-0.2, 0) is 10.0 Å². The van der Waals surface area contributed by atoms with Gasteiger partial charge < -0.3 is 34.7 Å². The molecule has 0 aliphatic rings. The molecule has 4 rings (SSSR count). The van der Waals surface area contributed by atoms with Crippen molar-refractivity contribution >= 4 is 60.1 Å². The summed E-state index contributed by atoms with van der Waals surface area (Å²) in [6.45, 7) is 0. The molecule has 4 aromatic carbocycles. The van der Waals surface area contributed by atoms with Gasteiger partial charge in [0.1, 0.15) is 39.4 Å². The number of sulfonamides is 1. The number of nitrogen functional groups attached to an aromatic ring is 1. The van der Waals surface area contributed by atoms with Gasteiger partial charge in [0.05, 0.1) is 21.2 Å². The highest BCUT2D eigenvalue weighted by atomic mass is 32.3. The van der Waals surface area contributed by atoms with Crippen LogP contribution in [0.25, 0.3) is 10.8 Å². The second-order valence-corrected chi connectivity index (χ2v) is 10.9. The van der Waals surface area contributed by atoms with Gasteiger partial charge in [-0.1, -0.05) is 6.07 Å². The van der Waals surface area contributed by atoms with Crippen LogP contribution < -0.4 is 10.9 Å². The third kappa shape index (κ3) is 5.65. The number of azo groups is 2. The minimum Gasteiger partial charge on any atom is -0.508 e. The predicted molar refractivity (Wildman–Crippen MR) is 140 cm³/mol. The van der Waals surface area contributed by atoms with E-state index in [1.54, 1.807) is 0 Å². The van der Waals surface area contributed by atoms with Crippen LogP contribution in [0.2, 0.25) is 0 Å². The smallest absolute Gasteiger partial charge is 0.238 e. The number of phenols is 3. The molecule has 14 nitrogen and oxygen atoms in total. The minimum atomic E-state index is -4.43. The summed E-state index contributed by atoms with van der Waals surface area (Å²) in [7, 11) is -8.57. The summed E-state index contributed by atoms with van der Waals surface area (Å²) >= 11 is 0. The Morgan fingerprint density at radius 1 is 0.737 bits per heavy atom. The number of aromatic hydroxyl groups is 3. The fourth-order valence-corrected chi connectivity index (χ4v) is 4.52. The SMILES string of the molecule is Nc1cc(O)ccc1N=Nc1ccc2cc(S(O)(O)O)c(N=Nc3cc(S(N)(=O)=O)ccc3O)c(O)c2c1. The zero-order chi connectivity index (χ0) is 27.8. The number of benzene rings is 4. The van der Waals surface area contributed by atoms with Gasteiger partial charge in [0, 0.05) is 11.5 Å². The van der Waals surface area contributed by atoms with Gasteiger partial charge in [-0.15, -0.1) is 15.3 Å². The molecule has 0 aliphatic carbocycles. The van der Waals surface area contributed by atoms with E-state index in [1.165, 1.54) is 36.4 Å². The summed E-state index contributed by atoms with van der Waals surface area (Å²) in [6.07, 6.45) is 0. The average Bonchev–Trinajstić information content (AvgIpc) is 2.82. The van der Waals surface area contributed by atoms with Crippen LogP contribution >= 0.6 is 10.9 Å². The van der Waals surface area contributed by atoms with Crippen LogP contribution in [0.5, 0.6) is 17.2 Å².